The molecule has 102 valence electrons. The number of nitrogens with one attached hydrogen (secondary N) is 2. The predicted octanol–water partition coefficient (Wildman–Crippen LogP) is 1.59. The lowest BCUT2D eigenvalue weighted by Gasteiger charge is -2.21. The molecule has 1 aliphatic rings. The topological polar surface area (TPSA) is 67.4 Å². The number of hydrogen-bond donors (Lipinski definition) is 2. The Morgan fingerprint density at radius 1 is 1.33 bits per heavy atom. The maximum atomic E-state index is 11.6. The highest BCUT2D eigenvalue weighted by Gasteiger charge is 2.26. The van der Waals surface area contributed by atoms with E-state index in [-0.39, 0.29) is 17.9 Å². The van der Waals surface area contributed by atoms with E-state index in [0.717, 1.165) is 0 Å². The molecule has 0 heterocycles. The summed E-state index contributed by atoms with van der Waals surface area (Å²) in [7, 11) is 0. The molecule has 0 aromatic heterocycles. The highest BCUT2D eigenvalue weighted by Crippen LogP contribution is 2.18. The van der Waals surface area contributed by atoms with Gasteiger partial charge in [0.15, 0.2) is 0 Å². The molecule has 0 bridgehead atoms. The van der Waals surface area contributed by atoms with Crippen molar-refractivity contribution in [3.05, 3.63) is 12.2 Å². The van der Waals surface area contributed by atoms with Crippen LogP contribution >= 0.6 is 0 Å². The lowest BCUT2D eigenvalue weighted by atomic mass is 10.1. The first kappa shape index (κ1) is 14.5. The summed E-state index contributed by atoms with van der Waals surface area (Å²) in [5.41, 5.74) is -0.509. The van der Waals surface area contributed by atoms with Gasteiger partial charge in [0.05, 0.1) is 12.0 Å². The van der Waals surface area contributed by atoms with Crippen LogP contribution in [0.25, 0.3) is 0 Å². The van der Waals surface area contributed by atoms with Crippen LogP contribution in [0.1, 0.15) is 34.1 Å². The Kier molecular flexibility index (Phi) is 4.76. The second kappa shape index (κ2) is 5.89. The summed E-state index contributed by atoms with van der Waals surface area (Å²) in [6.07, 6.45) is 3.80. The number of hydrogen-bond acceptors (Lipinski definition) is 3. The van der Waals surface area contributed by atoms with Crippen LogP contribution in [0.2, 0.25) is 0 Å². The van der Waals surface area contributed by atoms with Crippen molar-refractivity contribution in [2.24, 2.45) is 5.92 Å². The Labute approximate surface area is 108 Å². The zero-order chi connectivity index (χ0) is 13.8. The summed E-state index contributed by atoms with van der Waals surface area (Å²) in [5.74, 6) is -0.160. The van der Waals surface area contributed by atoms with Crippen molar-refractivity contribution in [2.75, 3.05) is 6.54 Å². The fraction of sp³-hybridized carbons (Fsp3) is 0.692. The van der Waals surface area contributed by atoms with Crippen molar-refractivity contribution in [1.29, 1.82) is 0 Å². The average molecular weight is 254 g/mol. The predicted molar refractivity (Wildman–Crippen MR) is 69.1 cm³/mol. The molecule has 18 heavy (non-hydrogen) atoms. The fourth-order valence-corrected chi connectivity index (χ4v) is 1.76. The summed E-state index contributed by atoms with van der Waals surface area (Å²) < 4.78 is 5.16. The largest absolute Gasteiger partial charge is 0.444 e. The van der Waals surface area contributed by atoms with Crippen LogP contribution in [0.3, 0.4) is 0 Å². The first-order valence-corrected chi connectivity index (χ1v) is 6.27. The molecule has 5 nitrogen and oxygen atoms in total. The van der Waals surface area contributed by atoms with Crippen LogP contribution < -0.4 is 10.6 Å². The van der Waals surface area contributed by atoms with E-state index in [9.17, 15) is 9.59 Å². The normalized spacial score (nSPS) is 22.7. The number of amides is 2. The van der Waals surface area contributed by atoms with Crippen LogP contribution in [0, 0.1) is 5.92 Å². The standard InChI is InChI=1S/C13H22N2O3/c1-5-14-11(16)9-6-7-10(8-9)15-12(17)18-13(2,3)4/h6-7,9-10H,5,8H2,1-4H3,(H,14,16)(H,15,17)/t9-,10+/m1/s1. The molecule has 2 atom stereocenters. The molecule has 0 saturated carbocycles. The van der Waals surface area contributed by atoms with E-state index in [1.165, 1.54) is 0 Å². The maximum absolute atomic E-state index is 11.6. The molecule has 0 unspecified atom stereocenters. The average Bonchev–Trinajstić information content (AvgIpc) is 2.63. The monoisotopic (exact) mass is 254 g/mol. The fourth-order valence-electron chi connectivity index (χ4n) is 1.76. The van der Waals surface area contributed by atoms with Gasteiger partial charge in [0.2, 0.25) is 5.91 Å². The van der Waals surface area contributed by atoms with Gasteiger partial charge in [0.1, 0.15) is 5.60 Å². The van der Waals surface area contributed by atoms with Gasteiger partial charge in [-0.2, -0.15) is 0 Å². The third-order valence-corrected chi connectivity index (χ3v) is 2.47. The lowest BCUT2D eigenvalue weighted by Crippen LogP contribution is -2.38. The van der Waals surface area contributed by atoms with Crippen molar-refractivity contribution in [2.45, 2.75) is 45.8 Å². The van der Waals surface area contributed by atoms with E-state index in [0.29, 0.717) is 13.0 Å². The Balaban J connectivity index is 2.38. The van der Waals surface area contributed by atoms with Crippen LogP contribution in [0.4, 0.5) is 4.79 Å². The second-order valence-corrected chi connectivity index (χ2v) is 5.37. The summed E-state index contributed by atoms with van der Waals surface area (Å²) >= 11 is 0. The van der Waals surface area contributed by atoms with Crippen LogP contribution in [0.15, 0.2) is 12.2 Å². The maximum Gasteiger partial charge on any atom is 0.408 e. The van der Waals surface area contributed by atoms with Crippen molar-refractivity contribution < 1.29 is 14.3 Å². The molecular formula is C13H22N2O3. The van der Waals surface area contributed by atoms with E-state index >= 15 is 0 Å². The van der Waals surface area contributed by atoms with Gasteiger partial charge in [-0.25, -0.2) is 4.79 Å². The summed E-state index contributed by atoms with van der Waals surface area (Å²) in [5, 5.41) is 5.50. The van der Waals surface area contributed by atoms with Crippen molar-refractivity contribution in [3.63, 3.8) is 0 Å². The zero-order valence-corrected chi connectivity index (χ0v) is 11.4. The summed E-state index contributed by atoms with van der Waals surface area (Å²) in [6.45, 7) is 7.94. The van der Waals surface area contributed by atoms with E-state index in [1.54, 1.807) is 0 Å². The first-order chi connectivity index (χ1) is 8.31. The van der Waals surface area contributed by atoms with Crippen LogP contribution in [-0.2, 0) is 9.53 Å². The number of carbonyl (C=O) groups is 2. The zero-order valence-electron chi connectivity index (χ0n) is 11.4. The van der Waals surface area contributed by atoms with Gasteiger partial charge in [0, 0.05) is 6.54 Å². The molecule has 0 spiro atoms. The minimum Gasteiger partial charge on any atom is -0.444 e. The Hall–Kier alpha value is -1.52. The molecular weight excluding hydrogens is 232 g/mol. The smallest absolute Gasteiger partial charge is 0.408 e. The minimum atomic E-state index is -0.509. The van der Waals surface area contributed by atoms with Gasteiger partial charge in [-0.15, -0.1) is 0 Å². The lowest BCUT2D eigenvalue weighted by molar-refractivity contribution is -0.123. The molecule has 0 aromatic rings. The van der Waals surface area contributed by atoms with Crippen molar-refractivity contribution >= 4 is 12.0 Å². The third-order valence-electron chi connectivity index (χ3n) is 2.47. The number of ether oxygens (including phenoxy) is 1. The van der Waals surface area contributed by atoms with Crippen molar-refractivity contribution in [3.8, 4) is 0 Å². The molecule has 0 aromatic carbocycles. The van der Waals surface area contributed by atoms with Crippen LogP contribution in [0.5, 0.6) is 0 Å². The van der Waals surface area contributed by atoms with Crippen molar-refractivity contribution in [1.82, 2.24) is 10.6 Å². The molecule has 5 heteroatoms. The minimum absolute atomic E-state index is 0.00207. The van der Waals surface area contributed by atoms with Gasteiger partial charge in [-0.05, 0) is 34.1 Å². The molecule has 0 saturated heterocycles. The molecule has 0 fully saturated rings. The third kappa shape index (κ3) is 4.77. The highest BCUT2D eigenvalue weighted by molar-refractivity contribution is 5.81. The number of carbonyl (C=O) groups excluding carboxylic acids is 2. The van der Waals surface area contributed by atoms with Gasteiger partial charge in [-0.3, -0.25) is 4.79 Å². The Morgan fingerprint density at radius 3 is 2.56 bits per heavy atom. The summed E-state index contributed by atoms with van der Waals surface area (Å²) in [4.78, 5) is 23.1. The molecule has 0 aliphatic heterocycles. The molecule has 1 rings (SSSR count). The number of rotatable bonds is 3. The quantitative estimate of drug-likeness (QED) is 0.752. The van der Waals surface area contributed by atoms with Gasteiger partial charge in [-0.1, -0.05) is 12.2 Å². The molecule has 0 radical (unpaired) electrons. The van der Waals surface area contributed by atoms with Gasteiger partial charge >= 0.3 is 6.09 Å². The first-order valence-electron chi connectivity index (χ1n) is 6.27. The van der Waals surface area contributed by atoms with E-state index < -0.39 is 11.7 Å². The Morgan fingerprint density at radius 2 is 2.00 bits per heavy atom. The van der Waals surface area contributed by atoms with Gasteiger partial charge < -0.3 is 15.4 Å². The van der Waals surface area contributed by atoms with Crippen LogP contribution in [-0.4, -0.2) is 30.2 Å². The van der Waals surface area contributed by atoms with E-state index in [2.05, 4.69) is 10.6 Å². The molecule has 2 amide bonds. The second-order valence-electron chi connectivity index (χ2n) is 5.37. The summed E-state index contributed by atoms with van der Waals surface area (Å²) in [6, 6.07) is -0.132. The van der Waals surface area contributed by atoms with Gasteiger partial charge in [0.25, 0.3) is 0 Å². The van der Waals surface area contributed by atoms with E-state index in [1.807, 2.05) is 39.8 Å². The highest BCUT2D eigenvalue weighted by atomic mass is 16.6. The molecule has 1 aliphatic carbocycles. The molecule has 2 N–H and O–H groups in total. The number of alkyl carbamates (subject to hydrolysis) is 1. The Bertz CT molecular complexity index is 345. The van der Waals surface area contributed by atoms with E-state index in [4.69, 9.17) is 4.74 Å². The SMILES string of the molecule is CCNC(=O)[C@@H]1C=C[C@H](NC(=O)OC(C)(C)C)C1.